The lowest BCUT2D eigenvalue weighted by Gasteiger charge is -2.19. The Morgan fingerprint density at radius 2 is 2.04 bits per heavy atom. The van der Waals surface area contributed by atoms with E-state index in [1.54, 1.807) is 10.9 Å². The maximum Gasteiger partial charge on any atom is 0.340 e. The molecular weight excluding hydrogens is 296 g/mol. The van der Waals surface area contributed by atoms with Gasteiger partial charge in [0.05, 0.1) is 17.6 Å². The molecule has 9 nitrogen and oxygen atoms in total. The van der Waals surface area contributed by atoms with Crippen molar-refractivity contribution in [3.8, 4) is 0 Å². The molecule has 1 atom stereocenters. The molecule has 3 N–H and O–H groups in total. The highest BCUT2D eigenvalue weighted by atomic mass is 16.1. The molecule has 122 valence electrons. The van der Waals surface area contributed by atoms with Crippen LogP contribution in [0, 0.1) is 0 Å². The zero-order valence-electron chi connectivity index (χ0n) is 13.8. The van der Waals surface area contributed by atoms with E-state index in [1.165, 1.54) is 0 Å². The summed E-state index contributed by atoms with van der Waals surface area (Å²) in [6.07, 6.45) is 1.73. The number of hydrogen-bond donors (Lipinski definition) is 3. The van der Waals surface area contributed by atoms with Crippen molar-refractivity contribution >= 4 is 16.9 Å². The quantitative estimate of drug-likeness (QED) is 0.669. The summed E-state index contributed by atoms with van der Waals surface area (Å²) in [5.41, 5.74) is 0.229. The number of nitrogens with zero attached hydrogens (tertiary/aromatic N) is 5. The van der Waals surface area contributed by atoms with Crippen molar-refractivity contribution in [1.29, 1.82) is 0 Å². The Morgan fingerprint density at radius 3 is 2.65 bits per heavy atom. The molecule has 0 bridgehead atoms. The molecule has 0 amide bonds. The van der Waals surface area contributed by atoms with Crippen molar-refractivity contribution < 1.29 is 0 Å². The number of aryl methyl sites for hydroxylation is 1. The first-order chi connectivity index (χ1) is 10.8. The van der Waals surface area contributed by atoms with E-state index in [2.05, 4.69) is 56.3 Å². The van der Waals surface area contributed by atoms with Gasteiger partial charge in [0.1, 0.15) is 11.6 Å². The monoisotopic (exact) mass is 316 g/mol. The minimum atomic E-state index is -0.335. The SMILES string of the molecule is C[C@@H](Nc1nc(C(C)(C)C)nc2c1cnn2C)c1n[nH]c(=O)[nH]1. The van der Waals surface area contributed by atoms with Crippen LogP contribution in [-0.2, 0) is 12.5 Å². The second kappa shape index (κ2) is 5.18. The van der Waals surface area contributed by atoms with Gasteiger partial charge in [0.25, 0.3) is 0 Å². The Hall–Kier alpha value is -2.71. The van der Waals surface area contributed by atoms with E-state index in [0.29, 0.717) is 11.6 Å². The Bertz CT molecular complexity index is 898. The summed E-state index contributed by atoms with van der Waals surface area (Å²) in [6.45, 7) is 8.07. The van der Waals surface area contributed by atoms with Crippen molar-refractivity contribution in [3.05, 3.63) is 28.3 Å². The number of fused-ring (bicyclic) bond motifs is 1. The summed E-state index contributed by atoms with van der Waals surface area (Å²) in [5, 5.41) is 14.7. The van der Waals surface area contributed by atoms with E-state index in [9.17, 15) is 4.79 Å². The van der Waals surface area contributed by atoms with Crippen molar-refractivity contribution in [2.45, 2.75) is 39.2 Å². The molecule has 0 aromatic carbocycles. The smallest absolute Gasteiger partial charge is 0.340 e. The maximum absolute atomic E-state index is 11.2. The Morgan fingerprint density at radius 1 is 1.30 bits per heavy atom. The van der Waals surface area contributed by atoms with Gasteiger partial charge in [0.2, 0.25) is 0 Å². The number of rotatable bonds is 3. The Kier molecular flexibility index (Phi) is 3.42. The highest BCUT2D eigenvalue weighted by Crippen LogP contribution is 2.27. The predicted molar refractivity (Wildman–Crippen MR) is 86.3 cm³/mol. The van der Waals surface area contributed by atoms with Crippen molar-refractivity contribution in [3.63, 3.8) is 0 Å². The molecule has 3 heterocycles. The fourth-order valence-electron chi connectivity index (χ4n) is 2.23. The first kappa shape index (κ1) is 15.2. The van der Waals surface area contributed by atoms with Gasteiger partial charge in [-0.25, -0.2) is 19.9 Å². The molecule has 0 aliphatic carbocycles. The lowest BCUT2D eigenvalue weighted by Crippen LogP contribution is -2.19. The molecule has 0 radical (unpaired) electrons. The fraction of sp³-hybridized carbons (Fsp3) is 0.500. The molecule has 0 spiro atoms. The lowest BCUT2D eigenvalue weighted by molar-refractivity contribution is 0.546. The number of nitrogens with one attached hydrogen (secondary N) is 3. The number of H-pyrrole nitrogens is 2. The van der Waals surface area contributed by atoms with Crippen molar-refractivity contribution in [2.75, 3.05) is 5.32 Å². The summed E-state index contributed by atoms with van der Waals surface area (Å²) in [4.78, 5) is 23.1. The van der Waals surface area contributed by atoms with Crippen LogP contribution in [0.1, 0.15) is 45.4 Å². The van der Waals surface area contributed by atoms with Crippen LogP contribution >= 0.6 is 0 Å². The Labute approximate surface area is 132 Å². The van der Waals surface area contributed by atoms with Gasteiger partial charge in [-0.1, -0.05) is 20.8 Å². The van der Waals surface area contributed by atoms with Crippen LogP contribution in [-0.4, -0.2) is 34.9 Å². The van der Waals surface area contributed by atoms with E-state index in [4.69, 9.17) is 0 Å². The van der Waals surface area contributed by atoms with Gasteiger partial charge in [0, 0.05) is 12.5 Å². The zero-order chi connectivity index (χ0) is 16.8. The van der Waals surface area contributed by atoms with E-state index in [-0.39, 0.29) is 17.1 Å². The average Bonchev–Trinajstić information content (AvgIpc) is 3.05. The third-order valence-corrected chi connectivity index (χ3v) is 3.55. The molecule has 3 rings (SSSR count). The second-order valence-electron chi connectivity index (χ2n) is 6.58. The largest absolute Gasteiger partial charge is 0.360 e. The number of hydrogen-bond acceptors (Lipinski definition) is 6. The zero-order valence-corrected chi connectivity index (χ0v) is 13.8. The third kappa shape index (κ3) is 2.81. The lowest BCUT2D eigenvalue weighted by atomic mass is 9.95. The van der Waals surface area contributed by atoms with E-state index < -0.39 is 0 Å². The van der Waals surface area contributed by atoms with E-state index in [1.807, 2.05) is 14.0 Å². The van der Waals surface area contributed by atoms with Crippen LogP contribution in [0.15, 0.2) is 11.0 Å². The summed E-state index contributed by atoms with van der Waals surface area (Å²) in [5.74, 6) is 1.91. The van der Waals surface area contributed by atoms with Crippen molar-refractivity contribution in [1.82, 2.24) is 34.9 Å². The van der Waals surface area contributed by atoms with Crippen LogP contribution in [0.5, 0.6) is 0 Å². The predicted octanol–water partition coefficient (Wildman–Crippen LogP) is 1.25. The molecule has 3 aromatic heterocycles. The van der Waals surface area contributed by atoms with Crippen molar-refractivity contribution in [2.24, 2.45) is 7.05 Å². The number of anilines is 1. The normalized spacial score (nSPS) is 13.4. The van der Waals surface area contributed by atoms with Crippen LogP contribution in [0.4, 0.5) is 5.82 Å². The van der Waals surface area contributed by atoms with E-state index in [0.717, 1.165) is 16.9 Å². The molecule has 0 saturated carbocycles. The average molecular weight is 316 g/mol. The van der Waals surface area contributed by atoms with Crippen LogP contribution in [0.3, 0.4) is 0 Å². The standard InChI is InChI=1S/C14H20N8O/c1-7(9-18-13(23)21-20-9)16-10-8-6-15-22(5)11(8)19-12(17-10)14(2,3)4/h6-7H,1-5H3,(H,16,17,19)(H2,18,20,21,23)/t7-/m1/s1. The van der Waals surface area contributed by atoms with Gasteiger partial charge in [-0.2, -0.15) is 10.2 Å². The van der Waals surface area contributed by atoms with Gasteiger partial charge in [-0.3, -0.25) is 9.67 Å². The molecule has 3 aromatic rings. The molecule has 0 aliphatic rings. The number of aromatic nitrogens is 7. The topological polar surface area (TPSA) is 117 Å². The fourth-order valence-corrected chi connectivity index (χ4v) is 2.23. The molecule has 0 saturated heterocycles. The van der Waals surface area contributed by atoms with Crippen LogP contribution in [0.25, 0.3) is 11.0 Å². The minimum Gasteiger partial charge on any atom is -0.360 e. The first-order valence-corrected chi connectivity index (χ1v) is 7.37. The maximum atomic E-state index is 11.2. The second-order valence-corrected chi connectivity index (χ2v) is 6.58. The molecule has 23 heavy (non-hydrogen) atoms. The van der Waals surface area contributed by atoms with Gasteiger partial charge in [-0.05, 0) is 6.92 Å². The summed E-state index contributed by atoms with van der Waals surface area (Å²) >= 11 is 0. The summed E-state index contributed by atoms with van der Waals surface area (Å²) in [6, 6.07) is -0.222. The van der Waals surface area contributed by atoms with Crippen LogP contribution < -0.4 is 11.0 Å². The molecule has 0 fully saturated rings. The van der Waals surface area contributed by atoms with E-state index >= 15 is 0 Å². The highest BCUT2D eigenvalue weighted by molar-refractivity contribution is 5.86. The van der Waals surface area contributed by atoms with Gasteiger partial charge >= 0.3 is 5.69 Å². The minimum absolute atomic E-state index is 0.196. The Balaban J connectivity index is 2.06. The third-order valence-electron chi connectivity index (χ3n) is 3.55. The summed E-state index contributed by atoms with van der Waals surface area (Å²) < 4.78 is 1.72. The summed E-state index contributed by atoms with van der Waals surface area (Å²) in [7, 11) is 1.85. The molecular formula is C14H20N8O. The van der Waals surface area contributed by atoms with Gasteiger partial charge in [0.15, 0.2) is 11.5 Å². The highest BCUT2D eigenvalue weighted by Gasteiger charge is 2.22. The van der Waals surface area contributed by atoms with Gasteiger partial charge in [-0.15, -0.1) is 0 Å². The molecule has 0 aliphatic heterocycles. The van der Waals surface area contributed by atoms with Crippen LogP contribution in [0.2, 0.25) is 0 Å². The molecule has 0 unspecified atom stereocenters. The van der Waals surface area contributed by atoms with Gasteiger partial charge < -0.3 is 5.32 Å². The number of aromatic amines is 2. The molecule has 9 heteroatoms. The first-order valence-electron chi connectivity index (χ1n) is 7.37.